The minimum atomic E-state index is -2.69. The van der Waals surface area contributed by atoms with Crippen LogP contribution in [0.15, 0.2) is 228 Å². The third-order valence-electron chi connectivity index (χ3n) is 12.3. The Kier molecular flexibility index (Phi) is 7.52. The van der Waals surface area contributed by atoms with Gasteiger partial charge in [-0.15, -0.1) is 0 Å². The second-order valence-electron chi connectivity index (χ2n) is 15.3. The summed E-state index contributed by atoms with van der Waals surface area (Å²) in [7, 11) is -2.69. The summed E-state index contributed by atoms with van der Waals surface area (Å²) in [5, 5.41) is 10.7. The number of aromatic nitrogens is 2. The van der Waals surface area contributed by atoms with Crippen molar-refractivity contribution >= 4 is 84.2 Å². The molecular formula is C54H36N2SSi. The summed E-state index contributed by atoms with van der Waals surface area (Å²) in [6.07, 6.45) is 0. The highest BCUT2D eigenvalue weighted by Crippen LogP contribution is 2.47. The van der Waals surface area contributed by atoms with Crippen LogP contribution in [0.4, 0.5) is 0 Å². The van der Waals surface area contributed by atoms with Crippen molar-refractivity contribution in [2.45, 2.75) is 9.79 Å². The quantitative estimate of drug-likeness (QED) is 0.121. The summed E-state index contributed by atoms with van der Waals surface area (Å²) >= 11 is 1.88. The highest BCUT2D eigenvalue weighted by atomic mass is 32.2. The molecule has 4 heteroatoms. The maximum absolute atomic E-state index is 2.69. The lowest BCUT2D eigenvalue weighted by Crippen LogP contribution is -2.74. The van der Waals surface area contributed by atoms with Gasteiger partial charge in [0, 0.05) is 37.0 Å². The van der Waals surface area contributed by atoms with Crippen LogP contribution in [0.3, 0.4) is 0 Å². The molecule has 0 atom stereocenters. The molecule has 2 nitrogen and oxygen atoms in total. The van der Waals surface area contributed by atoms with Crippen LogP contribution in [0, 0.1) is 0 Å². The molecule has 0 saturated carbocycles. The molecule has 272 valence electrons. The molecule has 0 aliphatic carbocycles. The Hall–Kier alpha value is -6.85. The van der Waals surface area contributed by atoms with Gasteiger partial charge in [0.05, 0.1) is 27.8 Å². The smallest absolute Gasteiger partial charge is 0.179 e. The molecule has 0 saturated heterocycles. The van der Waals surface area contributed by atoms with E-state index in [4.69, 9.17) is 0 Å². The van der Waals surface area contributed by atoms with E-state index in [1.54, 1.807) is 0 Å². The van der Waals surface area contributed by atoms with E-state index < -0.39 is 8.07 Å². The van der Waals surface area contributed by atoms with Gasteiger partial charge in [0.25, 0.3) is 0 Å². The standard InChI is InChI=1S/C54H36N2SSi/c1-4-15-40(16-5-1)58(41-17-6-2-7-18-41,42-19-8-3-9-20-42)43-32-34-50-47(36-43)45-22-11-12-24-48(45)55(50)39-30-27-37(28-31-39)38-29-33-51-53(35-38)57-52-26-14-23-46-44-21-10-13-25-49(44)56(51)54(46)52/h1-36H. The summed E-state index contributed by atoms with van der Waals surface area (Å²) in [5.41, 5.74) is 9.83. The fourth-order valence-electron chi connectivity index (χ4n) is 9.75. The van der Waals surface area contributed by atoms with Crippen molar-refractivity contribution in [3.05, 3.63) is 218 Å². The van der Waals surface area contributed by atoms with Gasteiger partial charge in [-0.2, -0.15) is 0 Å². The summed E-state index contributed by atoms with van der Waals surface area (Å²) in [5.74, 6) is 0. The van der Waals surface area contributed by atoms with Gasteiger partial charge < -0.3 is 9.13 Å². The molecule has 0 amide bonds. The van der Waals surface area contributed by atoms with Gasteiger partial charge in [-0.1, -0.05) is 182 Å². The topological polar surface area (TPSA) is 9.86 Å². The average Bonchev–Trinajstić information content (AvgIpc) is 3.82. The van der Waals surface area contributed by atoms with Crippen LogP contribution in [-0.4, -0.2) is 17.2 Å². The molecule has 0 unspecified atom stereocenters. The third kappa shape index (κ3) is 4.86. The predicted molar refractivity (Wildman–Crippen MR) is 248 cm³/mol. The van der Waals surface area contributed by atoms with Gasteiger partial charge >= 0.3 is 0 Å². The molecule has 0 N–H and O–H groups in total. The van der Waals surface area contributed by atoms with E-state index in [2.05, 4.69) is 228 Å². The number of nitrogens with zero attached hydrogens (tertiary/aromatic N) is 2. The van der Waals surface area contributed by atoms with Crippen LogP contribution in [0.25, 0.3) is 66.1 Å². The Bertz CT molecular complexity index is 3250. The Labute approximate surface area is 342 Å². The van der Waals surface area contributed by atoms with Crippen molar-refractivity contribution in [3.8, 4) is 22.5 Å². The van der Waals surface area contributed by atoms with Gasteiger partial charge in [0.1, 0.15) is 0 Å². The molecule has 12 rings (SSSR count). The van der Waals surface area contributed by atoms with Crippen molar-refractivity contribution in [3.63, 3.8) is 0 Å². The largest absolute Gasteiger partial charge is 0.309 e. The van der Waals surface area contributed by atoms with Crippen molar-refractivity contribution < 1.29 is 0 Å². The summed E-state index contributed by atoms with van der Waals surface area (Å²) in [6.45, 7) is 0. The van der Waals surface area contributed by atoms with E-state index >= 15 is 0 Å². The van der Waals surface area contributed by atoms with Crippen LogP contribution in [0.1, 0.15) is 0 Å². The summed E-state index contributed by atoms with van der Waals surface area (Å²) in [6, 6.07) is 81.3. The monoisotopic (exact) mass is 772 g/mol. The van der Waals surface area contributed by atoms with Crippen molar-refractivity contribution in [2.24, 2.45) is 0 Å². The Morgan fingerprint density at radius 1 is 0.328 bits per heavy atom. The zero-order valence-electron chi connectivity index (χ0n) is 31.6. The molecule has 9 aromatic carbocycles. The second-order valence-corrected chi connectivity index (χ2v) is 20.2. The molecule has 11 aromatic rings. The average molecular weight is 773 g/mol. The molecule has 2 aromatic heterocycles. The summed E-state index contributed by atoms with van der Waals surface area (Å²) in [4.78, 5) is 2.58. The highest BCUT2D eigenvalue weighted by Gasteiger charge is 2.41. The highest BCUT2D eigenvalue weighted by molar-refractivity contribution is 7.99. The zero-order valence-corrected chi connectivity index (χ0v) is 33.4. The number of fused-ring (bicyclic) bond motifs is 8. The predicted octanol–water partition coefficient (Wildman–Crippen LogP) is 11.4. The van der Waals surface area contributed by atoms with E-state index in [1.807, 2.05) is 11.8 Å². The zero-order chi connectivity index (χ0) is 38.2. The van der Waals surface area contributed by atoms with Crippen molar-refractivity contribution in [2.75, 3.05) is 0 Å². The van der Waals surface area contributed by atoms with Crippen LogP contribution in [-0.2, 0) is 0 Å². The SMILES string of the molecule is c1ccc([Si](c2ccccc2)(c2ccccc2)c2ccc3c(c2)c2ccccc2n3-c2ccc(-c3ccc4c(c3)Sc3cccc5c6ccccc6n-4c35)cc2)cc1. The number of hydrogen-bond donors (Lipinski definition) is 0. The van der Waals surface area contributed by atoms with E-state index in [9.17, 15) is 0 Å². The van der Waals surface area contributed by atoms with Crippen LogP contribution < -0.4 is 20.7 Å². The van der Waals surface area contributed by atoms with E-state index in [-0.39, 0.29) is 0 Å². The fraction of sp³-hybridized carbons (Fsp3) is 0. The molecule has 0 spiro atoms. The lowest BCUT2D eigenvalue weighted by atomic mass is 10.0. The van der Waals surface area contributed by atoms with Crippen LogP contribution >= 0.6 is 11.8 Å². The first kappa shape index (κ1) is 33.3. The maximum Gasteiger partial charge on any atom is 0.179 e. The molecule has 0 bridgehead atoms. The van der Waals surface area contributed by atoms with Gasteiger partial charge in [-0.05, 0) is 80.4 Å². The number of para-hydroxylation sites is 3. The van der Waals surface area contributed by atoms with Crippen molar-refractivity contribution in [1.82, 2.24) is 9.13 Å². The normalized spacial score (nSPS) is 12.4. The first-order valence-electron chi connectivity index (χ1n) is 19.9. The number of hydrogen-bond acceptors (Lipinski definition) is 1. The molecule has 1 aliphatic heterocycles. The van der Waals surface area contributed by atoms with Gasteiger partial charge in [0.2, 0.25) is 0 Å². The molecule has 0 radical (unpaired) electrons. The van der Waals surface area contributed by atoms with Gasteiger partial charge in [-0.3, -0.25) is 0 Å². The van der Waals surface area contributed by atoms with Gasteiger partial charge in [0.15, 0.2) is 8.07 Å². The first-order chi connectivity index (χ1) is 28.8. The Morgan fingerprint density at radius 3 is 1.52 bits per heavy atom. The lowest BCUT2D eigenvalue weighted by Gasteiger charge is -2.34. The molecule has 58 heavy (non-hydrogen) atoms. The number of rotatable bonds is 6. The number of benzene rings is 9. The Morgan fingerprint density at radius 2 is 0.862 bits per heavy atom. The van der Waals surface area contributed by atoms with Crippen LogP contribution in [0.5, 0.6) is 0 Å². The minimum Gasteiger partial charge on any atom is -0.309 e. The summed E-state index contributed by atoms with van der Waals surface area (Å²) < 4.78 is 4.90. The van der Waals surface area contributed by atoms with E-state index in [1.165, 1.54) is 91.0 Å². The third-order valence-corrected chi connectivity index (χ3v) is 18.1. The maximum atomic E-state index is 2.51. The Balaban J connectivity index is 0.987. The lowest BCUT2D eigenvalue weighted by molar-refractivity contribution is 1.09. The van der Waals surface area contributed by atoms with E-state index in [0.29, 0.717) is 0 Å². The first-order valence-corrected chi connectivity index (χ1v) is 22.7. The second kappa shape index (κ2) is 13.1. The molecule has 1 aliphatic rings. The minimum absolute atomic E-state index is 1.16. The van der Waals surface area contributed by atoms with Crippen molar-refractivity contribution in [1.29, 1.82) is 0 Å². The molecular weight excluding hydrogens is 737 g/mol. The van der Waals surface area contributed by atoms with E-state index in [0.717, 1.165) is 5.69 Å². The van der Waals surface area contributed by atoms with Gasteiger partial charge in [-0.25, -0.2) is 0 Å². The fourth-order valence-corrected chi connectivity index (χ4v) is 15.7. The molecule has 3 heterocycles. The van der Waals surface area contributed by atoms with Crippen LogP contribution in [0.2, 0.25) is 0 Å². The molecule has 0 fully saturated rings.